The Hall–Kier alpha value is -1.10. The van der Waals surface area contributed by atoms with Crippen molar-refractivity contribution in [3.8, 4) is 0 Å². The van der Waals surface area contributed by atoms with Gasteiger partial charge in [0.05, 0.1) is 0 Å². The van der Waals surface area contributed by atoms with Crippen LogP contribution in [0.25, 0.3) is 6.08 Å². The Morgan fingerprint density at radius 3 is 2.92 bits per heavy atom. The second-order valence-corrected chi connectivity index (χ2v) is 3.09. The predicted molar refractivity (Wildman–Crippen MR) is 54.2 cm³/mol. The monoisotopic (exact) mass is 228 g/mol. The second-order valence-electron chi connectivity index (χ2n) is 2.27. The van der Waals surface area contributed by atoms with Crippen molar-refractivity contribution in [2.24, 2.45) is 4.99 Å². The Morgan fingerprint density at radius 2 is 2.50 bits per heavy atom. The molecule has 0 amide bonds. The molecular weight excluding hydrogens is 220 g/mol. The second kappa shape index (κ2) is 3.53. The first-order chi connectivity index (χ1) is 5.65. The van der Waals surface area contributed by atoms with Crippen LogP contribution < -0.4 is 5.73 Å². The predicted octanol–water partition coefficient (Wildman–Crippen LogP) is 1.69. The van der Waals surface area contributed by atoms with Gasteiger partial charge in [0.15, 0.2) is 5.82 Å². The molecule has 5 heteroatoms. The number of H-pyrrole nitrogens is 1. The van der Waals surface area contributed by atoms with Crippen molar-refractivity contribution >= 4 is 34.5 Å². The lowest BCUT2D eigenvalue weighted by Crippen LogP contribution is -1.87. The Labute approximate surface area is 78.7 Å². The Balaban J connectivity index is 3.10. The van der Waals surface area contributed by atoms with Crippen LogP contribution in [0.1, 0.15) is 11.3 Å². The fraction of sp³-hybridized carbons (Fsp3) is 0.143. The molecule has 0 saturated heterocycles. The maximum absolute atomic E-state index is 5.57. The van der Waals surface area contributed by atoms with Crippen LogP contribution in [0.15, 0.2) is 9.60 Å². The number of halogens is 1. The number of rotatable bonds is 2. The number of hydrogen-bond acceptors (Lipinski definition) is 3. The Bertz CT molecular complexity index is 307. The van der Waals surface area contributed by atoms with Gasteiger partial charge in [0.25, 0.3) is 0 Å². The zero-order chi connectivity index (χ0) is 9.14. The van der Waals surface area contributed by atoms with Crippen LogP contribution in [-0.4, -0.2) is 16.9 Å². The molecule has 0 unspecified atom stereocenters. The summed E-state index contributed by atoms with van der Waals surface area (Å²) in [4.78, 5) is 3.68. The molecule has 0 aromatic carbocycles. The van der Waals surface area contributed by atoms with Crippen LogP contribution >= 0.6 is 15.9 Å². The van der Waals surface area contributed by atoms with E-state index in [1.165, 1.54) is 0 Å². The van der Waals surface area contributed by atoms with Crippen LogP contribution in [0.5, 0.6) is 0 Å². The zero-order valence-electron chi connectivity index (χ0n) is 6.63. The molecule has 0 spiro atoms. The van der Waals surface area contributed by atoms with Crippen molar-refractivity contribution in [2.75, 3.05) is 5.73 Å². The van der Waals surface area contributed by atoms with Crippen LogP contribution in [0.4, 0.5) is 5.82 Å². The largest absolute Gasteiger partial charge is 0.382 e. The third-order valence-electron chi connectivity index (χ3n) is 1.44. The summed E-state index contributed by atoms with van der Waals surface area (Å²) in [6, 6.07) is 0. The first kappa shape index (κ1) is 8.99. The van der Waals surface area contributed by atoms with Crippen molar-refractivity contribution in [1.29, 1.82) is 0 Å². The normalized spacial score (nSPS) is 11.7. The average Bonchev–Trinajstić information content (AvgIpc) is 2.35. The summed E-state index contributed by atoms with van der Waals surface area (Å²) in [5, 5.41) is 6.59. The topological polar surface area (TPSA) is 67.1 Å². The Kier molecular flexibility index (Phi) is 2.65. The highest BCUT2D eigenvalue weighted by Gasteiger charge is 2.03. The summed E-state index contributed by atoms with van der Waals surface area (Å²) in [7, 11) is 0. The molecule has 12 heavy (non-hydrogen) atoms. The van der Waals surface area contributed by atoms with Crippen molar-refractivity contribution in [1.82, 2.24) is 10.2 Å². The summed E-state index contributed by atoms with van der Waals surface area (Å²) in [6.07, 6.45) is 1.77. The highest BCUT2D eigenvalue weighted by molar-refractivity contribution is 9.11. The first-order valence-corrected chi connectivity index (χ1v) is 4.09. The van der Waals surface area contributed by atoms with Gasteiger partial charge in [-0.25, -0.2) is 0 Å². The van der Waals surface area contributed by atoms with Crippen molar-refractivity contribution in [3.63, 3.8) is 0 Å². The molecule has 4 nitrogen and oxygen atoms in total. The van der Waals surface area contributed by atoms with E-state index >= 15 is 0 Å². The number of nitrogens with two attached hydrogens (primary N) is 1. The van der Waals surface area contributed by atoms with Gasteiger partial charge in [0, 0.05) is 11.3 Å². The SMILES string of the molecule is C=N/C(Br)=C\c1c(N)n[nH]c1C. The molecule has 0 aliphatic carbocycles. The standard InChI is InChI=1S/C7H9BrN4/c1-4-5(3-6(8)10-2)7(9)12-11-4/h3H,2H2,1H3,(H3,9,11,12)/b6-3-. The van der Waals surface area contributed by atoms with Crippen molar-refractivity contribution in [2.45, 2.75) is 6.92 Å². The van der Waals surface area contributed by atoms with Crippen LogP contribution in [0, 0.1) is 6.92 Å². The van der Waals surface area contributed by atoms with Gasteiger partial charge in [-0.05, 0) is 35.6 Å². The van der Waals surface area contributed by atoms with E-state index in [1.807, 2.05) is 6.92 Å². The van der Waals surface area contributed by atoms with Gasteiger partial charge >= 0.3 is 0 Å². The minimum absolute atomic E-state index is 0.466. The van der Waals surface area contributed by atoms with Crippen LogP contribution in [-0.2, 0) is 0 Å². The highest BCUT2D eigenvalue weighted by Crippen LogP contribution is 2.19. The molecule has 1 aromatic rings. The van der Waals surface area contributed by atoms with Gasteiger partial charge in [0.1, 0.15) is 4.61 Å². The molecule has 0 aliphatic heterocycles. The van der Waals surface area contributed by atoms with Gasteiger partial charge in [-0.1, -0.05) is 0 Å². The number of aryl methyl sites for hydroxylation is 1. The maximum Gasteiger partial charge on any atom is 0.152 e. The number of hydrogen-bond donors (Lipinski definition) is 2. The third kappa shape index (κ3) is 1.73. The summed E-state index contributed by atoms with van der Waals surface area (Å²) in [6.45, 7) is 5.25. The zero-order valence-corrected chi connectivity index (χ0v) is 8.22. The van der Waals surface area contributed by atoms with Gasteiger partial charge < -0.3 is 5.73 Å². The van der Waals surface area contributed by atoms with Gasteiger partial charge in [0.2, 0.25) is 0 Å². The van der Waals surface area contributed by atoms with Gasteiger partial charge in [-0.3, -0.25) is 10.1 Å². The maximum atomic E-state index is 5.57. The highest BCUT2D eigenvalue weighted by atomic mass is 79.9. The smallest absolute Gasteiger partial charge is 0.152 e. The number of nitrogens with one attached hydrogen (secondary N) is 1. The number of anilines is 1. The summed E-state index contributed by atoms with van der Waals surface area (Å²) < 4.78 is 0.638. The molecule has 3 N–H and O–H groups in total. The lowest BCUT2D eigenvalue weighted by Gasteiger charge is -1.91. The molecule has 0 bridgehead atoms. The first-order valence-electron chi connectivity index (χ1n) is 3.29. The molecule has 1 heterocycles. The number of nitrogens with zero attached hydrogens (tertiary/aromatic N) is 2. The van der Waals surface area contributed by atoms with Crippen LogP contribution in [0.3, 0.4) is 0 Å². The summed E-state index contributed by atoms with van der Waals surface area (Å²) in [5.41, 5.74) is 7.33. The average molecular weight is 229 g/mol. The van der Waals surface area contributed by atoms with E-state index in [9.17, 15) is 0 Å². The molecule has 64 valence electrons. The van der Waals surface area contributed by atoms with E-state index in [4.69, 9.17) is 5.73 Å². The van der Waals surface area contributed by atoms with E-state index in [0.29, 0.717) is 10.4 Å². The molecule has 0 saturated carbocycles. The van der Waals surface area contributed by atoms with E-state index in [-0.39, 0.29) is 0 Å². The molecule has 0 aliphatic rings. The number of aliphatic imine (C=N–C) groups is 1. The molecule has 0 radical (unpaired) electrons. The third-order valence-corrected chi connectivity index (χ3v) is 1.92. The van der Waals surface area contributed by atoms with Crippen molar-refractivity contribution in [3.05, 3.63) is 15.9 Å². The molecule has 0 atom stereocenters. The number of aromatic nitrogens is 2. The van der Waals surface area contributed by atoms with Gasteiger partial charge in [-0.15, -0.1) is 0 Å². The van der Waals surface area contributed by atoms with E-state index < -0.39 is 0 Å². The van der Waals surface area contributed by atoms with E-state index in [1.54, 1.807) is 6.08 Å². The molecule has 1 rings (SSSR count). The molecule has 1 aromatic heterocycles. The minimum atomic E-state index is 0.466. The van der Waals surface area contributed by atoms with Crippen molar-refractivity contribution < 1.29 is 0 Å². The van der Waals surface area contributed by atoms with Gasteiger partial charge in [-0.2, -0.15) is 5.10 Å². The van der Waals surface area contributed by atoms with E-state index in [0.717, 1.165) is 11.3 Å². The quantitative estimate of drug-likeness (QED) is 0.598. The number of nitrogen functional groups attached to an aromatic ring is 1. The lowest BCUT2D eigenvalue weighted by molar-refractivity contribution is 1.05. The fourth-order valence-electron chi connectivity index (χ4n) is 0.804. The Morgan fingerprint density at radius 1 is 1.83 bits per heavy atom. The fourth-order valence-corrected chi connectivity index (χ4v) is 1.03. The molecular formula is C7H9BrN4. The summed E-state index contributed by atoms with van der Waals surface area (Å²) >= 11 is 3.20. The van der Waals surface area contributed by atoms with Crippen LogP contribution in [0.2, 0.25) is 0 Å². The van der Waals surface area contributed by atoms with E-state index in [2.05, 4.69) is 37.8 Å². The molecule has 0 fully saturated rings. The lowest BCUT2D eigenvalue weighted by atomic mass is 10.2. The minimum Gasteiger partial charge on any atom is -0.382 e. The number of aromatic amines is 1. The summed E-state index contributed by atoms with van der Waals surface area (Å²) in [5.74, 6) is 0.466.